The minimum atomic E-state index is -0.0671. The van der Waals surface area contributed by atoms with Gasteiger partial charge in [-0.05, 0) is 38.3 Å². The number of rotatable bonds is 3. The largest absolute Gasteiger partial charge is 0.491 e. The van der Waals surface area contributed by atoms with Gasteiger partial charge in [-0.3, -0.25) is 0 Å². The molecule has 1 heterocycles. The van der Waals surface area contributed by atoms with E-state index in [0.29, 0.717) is 13.1 Å². The molecule has 2 amide bonds. The number of hydrogen-bond acceptors (Lipinski definition) is 2. The number of nitrogens with one attached hydrogen (secondary N) is 1. The summed E-state index contributed by atoms with van der Waals surface area (Å²) in [7, 11) is 0. The van der Waals surface area contributed by atoms with Gasteiger partial charge >= 0.3 is 6.03 Å². The lowest BCUT2D eigenvalue weighted by molar-refractivity contribution is 0.217. The number of anilines is 1. The van der Waals surface area contributed by atoms with Gasteiger partial charge in [-0.2, -0.15) is 0 Å². The summed E-state index contributed by atoms with van der Waals surface area (Å²) in [6.45, 7) is 6.08. The third kappa shape index (κ3) is 2.58. The van der Waals surface area contributed by atoms with E-state index in [-0.39, 0.29) is 6.03 Å². The molecule has 1 N–H and O–H groups in total. The number of fused-ring (bicyclic) bond motifs is 1. The Hall–Kier alpha value is -1.71. The Morgan fingerprint density at radius 1 is 1.39 bits per heavy atom. The van der Waals surface area contributed by atoms with Crippen molar-refractivity contribution in [1.82, 2.24) is 4.90 Å². The van der Waals surface area contributed by atoms with E-state index in [0.717, 1.165) is 30.9 Å². The van der Waals surface area contributed by atoms with Crippen LogP contribution < -0.4 is 10.1 Å². The van der Waals surface area contributed by atoms with E-state index in [2.05, 4.69) is 11.4 Å². The molecule has 1 aromatic carbocycles. The second-order valence-electron chi connectivity index (χ2n) is 4.35. The number of carbonyl (C=O) groups is 1. The third-order valence-corrected chi connectivity index (χ3v) is 3.23. The smallest absolute Gasteiger partial charge is 0.321 e. The van der Waals surface area contributed by atoms with Crippen LogP contribution in [0.4, 0.5) is 10.5 Å². The number of urea groups is 1. The maximum absolute atomic E-state index is 12.0. The van der Waals surface area contributed by atoms with Gasteiger partial charge < -0.3 is 15.0 Å². The molecule has 2 rings (SSSR count). The zero-order valence-electron chi connectivity index (χ0n) is 11.0. The number of para-hydroxylation sites is 1. The van der Waals surface area contributed by atoms with Crippen LogP contribution in [0.25, 0.3) is 0 Å². The molecule has 1 aromatic rings. The Kier molecular flexibility index (Phi) is 4.07. The maximum atomic E-state index is 12.0. The molecule has 98 valence electrons. The van der Waals surface area contributed by atoms with Crippen molar-refractivity contribution in [3.05, 3.63) is 23.8 Å². The van der Waals surface area contributed by atoms with Gasteiger partial charge in [0.25, 0.3) is 0 Å². The van der Waals surface area contributed by atoms with Gasteiger partial charge in [0.1, 0.15) is 5.75 Å². The Morgan fingerprint density at radius 3 is 2.89 bits per heavy atom. The number of amides is 2. The summed E-state index contributed by atoms with van der Waals surface area (Å²) in [6.07, 6.45) is 2.06. The van der Waals surface area contributed by atoms with Crippen molar-refractivity contribution in [2.24, 2.45) is 0 Å². The van der Waals surface area contributed by atoms with Gasteiger partial charge in [-0.25, -0.2) is 4.79 Å². The molecule has 0 aliphatic carbocycles. The van der Waals surface area contributed by atoms with Crippen molar-refractivity contribution in [2.45, 2.75) is 26.7 Å². The van der Waals surface area contributed by atoms with Crippen LogP contribution in [0.5, 0.6) is 5.75 Å². The quantitative estimate of drug-likeness (QED) is 0.893. The lowest BCUT2D eigenvalue weighted by Gasteiger charge is -2.23. The second kappa shape index (κ2) is 5.76. The molecule has 0 saturated heterocycles. The SMILES string of the molecule is CCN(CC)C(=O)Nc1cccc2c1OCCC2. The van der Waals surface area contributed by atoms with Crippen LogP contribution in [0.15, 0.2) is 18.2 Å². The van der Waals surface area contributed by atoms with E-state index in [4.69, 9.17) is 4.74 Å². The Balaban J connectivity index is 2.16. The number of carbonyl (C=O) groups excluding carboxylic acids is 1. The van der Waals surface area contributed by atoms with Crippen LogP contribution in [-0.2, 0) is 6.42 Å². The summed E-state index contributed by atoms with van der Waals surface area (Å²) < 4.78 is 5.67. The molecule has 0 bridgehead atoms. The van der Waals surface area contributed by atoms with Gasteiger partial charge in [0.15, 0.2) is 0 Å². The van der Waals surface area contributed by atoms with E-state index >= 15 is 0 Å². The van der Waals surface area contributed by atoms with Gasteiger partial charge in [0.05, 0.1) is 12.3 Å². The number of benzene rings is 1. The Morgan fingerprint density at radius 2 is 2.17 bits per heavy atom. The molecule has 4 heteroatoms. The van der Waals surface area contributed by atoms with Crippen LogP contribution >= 0.6 is 0 Å². The number of ether oxygens (including phenoxy) is 1. The zero-order valence-corrected chi connectivity index (χ0v) is 11.0. The summed E-state index contributed by atoms with van der Waals surface area (Å²) in [5.74, 6) is 0.837. The topological polar surface area (TPSA) is 41.6 Å². The van der Waals surface area contributed by atoms with Crippen LogP contribution in [0.2, 0.25) is 0 Å². The third-order valence-electron chi connectivity index (χ3n) is 3.23. The van der Waals surface area contributed by atoms with Crippen molar-refractivity contribution in [2.75, 3.05) is 25.0 Å². The van der Waals surface area contributed by atoms with Crippen LogP contribution in [-0.4, -0.2) is 30.6 Å². The molecule has 0 unspecified atom stereocenters. The maximum Gasteiger partial charge on any atom is 0.321 e. The highest BCUT2D eigenvalue weighted by atomic mass is 16.5. The lowest BCUT2D eigenvalue weighted by atomic mass is 10.1. The molecule has 0 radical (unpaired) electrons. The summed E-state index contributed by atoms with van der Waals surface area (Å²) >= 11 is 0. The molecule has 0 spiro atoms. The van der Waals surface area contributed by atoms with Crippen molar-refractivity contribution in [1.29, 1.82) is 0 Å². The molecule has 0 atom stereocenters. The van der Waals surface area contributed by atoms with Gasteiger partial charge in [0, 0.05) is 13.1 Å². The normalized spacial score (nSPS) is 13.4. The van der Waals surface area contributed by atoms with E-state index < -0.39 is 0 Å². The first kappa shape index (κ1) is 12.7. The first-order valence-corrected chi connectivity index (χ1v) is 6.56. The van der Waals surface area contributed by atoms with Gasteiger partial charge in [-0.15, -0.1) is 0 Å². The van der Waals surface area contributed by atoms with E-state index in [1.807, 2.05) is 26.0 Å². The average molecular weight is 248 g/mol. The molecule has 4 nitrogen and oxygen atoms in total. The molecule has 1 aliphatic rings. The molecule has 0 saturated carbocycles. The molecule has 1 aliphatic heterocycles. The Labute approximate surface area is 108 Å². The Bertz CT molecular complexity index is 428. The number of nitrogens with zero attached hydrogens (tertiary/aromatic N) is 1. The van der Waals surface area contributed by atoms with Gasteiger partial charge in [0.2, 0.25) is 0 Å². The predicted octanol–water partition coefficient (Wildman–Crippen LogP) is 2.89. The van der Waals surface area contributed by atoms with Gasteiger partial charge in [-0.1, -0.05) is 12.1 Å². The fraction of sp³-hybridized carbons (Fsp3) is 0.500. The monoisotopic (exact) mass is 248 g/mol. The van der Waals surface area contributed by atoms with E-state index in [1.165, 1.54) is 5.56 Å². The lowest BCUT2D eigenvalue weighted by Crippen LogP contribution is -2.34. The average Bonchev–Trinajstić information content (AvgIpc) is 2.40. The molecule has 0 aromatic heterocycles. The minimum absolute atomic E-state index is 0.0671. The van der Waals surface area contributed by atoms with E-state index in [9.17, 15) is 4.79 Å². The number of aryl methyl sites for hydroxylation is 1. The zero-order chi connectivity index (χ0) is 13.0. The van der Waals surface area contributed by atoms with Crippen molar-refractivity contribution in [3.8, 4) is 5.75 Å². The minimum Gasteiger partial charge on any atom is -0.491 e. The fourth-order valence-electron chi connectivity index (χ4n) is 2.19. The van der Waals surface area contributed by atoms with Crippen molar-refractivity contribution < 1.29 is 9.53 Å². The van der Waals surface area contributed by atoms with Crippen molar-refractivity contribution in [3.63, 3.8) is 0 Å². The molecule has 0 fully saturated rings. The highest BCUT2D eigenvalue weighted by Crippen LogP contribution is 2.32. The number of hydrogen-bond donors (Lipinski definition) is 1. The highest BCUT2D eigenvalue weighted by Gasteiger charge is 2.17. The van der Waals surface area contributed by atoms with Crippen LogP contribution in [0.3, 0.4) is 0 Å². The standard InChI is InChI=1S/C14H20N2O2/c1-3-16(4-2)14(17)15-12-9-5-7-11-8-6-10-18-13(11)12/h5,7,9H,3-4,6,8,10H2,1-2H3,(H,15,17). The second-order valence-corrected chi connectivity index (χ2v) is 4.35. The predicted molar refractivity (Wildman–Crippen MR) is 72.2 cm³/mol. The summed E-state index contributed by atoms with van der Waals surface area (Å²) in [4.78, 5) is 13.8. The summed E-state index contributed by atoms with van der Waals surface area (Å²) in [5, 5.41) is 2.93. The van der Waals surface area contributed by atoms with E-state index in [1.54, 1.807) is 4.90 Å². The summed E-state index contributed by atoms with van der Waals surface area (Å²) in [5.41, 5.74) is 1.96. The molecular formula is C14H20N2O2. The fourth-order valence-corrected chi connectivity index (χ4v) is 2.19. The molecule has 18 heavy (non-hydrogen) atoms. The first-order chi connectivity index (χ1) is 8.76. The first-order valence-electron chi connectivity index (χ1n) is 6.56. The van der Waals surface area contributed by atoms with Crippen LogP contribution in [0, 0.1) is 0 Å². The van der Waals surface area contributed by atoms with Crippen molar-refractivity contribution >= 4 is 11.7 Å². The molecular weight excluding hydrogens is 228 g/mol. The summed E-state index contributed by atoms with van der Waals surface area (Å²) in [6, 6.07) is 5.85. The van der Waals surface area contributed by atoms with Crippen LogP contribution in [0.1, 0.15) is 25.8 Å². The highest BCUT2D eigenvalue weighted by molar-refractivity contribution is 5.91.